The number of piperidine rings is 1. The van der Waals surface area contributed by atoms with Crippen LogP contribution in [0.25, 0.3) is 0 Å². The molecule has 0 radical (unpaired) electrons. The summed E-state index contributed by atoms with van der Waals surface area (Å²) in [4.78, 5) is 27.4. The predicted molar refractivity (Wildman–Crippen MR) is 92.6 cm³/mol. The van der Waals surface area contributed by atoms with Crippen LogP contribution in [-0.2, 0) is 0 Å². The third kappa shape index (κ3) is 4.03. The van der Waals surface area contributed by atoms with Gasteiger partial charge in [0.05, 0.1) is 4.92 Å². The molecule has 1 aliphatic rings. The highest BCUT2D eigenvalue weighted by atomic mass is 35.5. The van der Waals surface area contributed by atoms with E-state index in [4.69, 9.17) is 11.6 Å². The summed E-state index contributed by atoms with van der Waals surface area (Å²) in [5.74, 6) is -0.180. The zero-order valence-electron chi connectivity index (χ0n) is 13.7. The lowest BCUT2D eigenvalue weighted by atomic mass is 9.99. The number of amides is 1. The van der Waals surface area contributed by atoms with Gasteiger partial charge in [0, 0.05) is 30.3 Å². The molecule has 6 nitrogen and oxygen atoms in total. The van der Waals surface area contributed by atoms with E-state index in [1.807, 2.05) is 26.7 Å². The van der Waals surface area contributed by atoms with Crippen molar-refractivity contribution in [2.45, 2.75) is 38.8 Å². The molecular weight excluding hydrogens is 316 g/mol. The van der Waals surface area contributed by atoms with Gasteiger partial charge in [0.15, 0.2) is 7.98 Å². The van der Waals surface area contributed by atoms with Crippen molar-refractivity contribution in [2.75, 3.05) is 13.1 Å². The largest absolute Gasteiger partial charge is 0.347 e. The van der Waals surface area contributed by atoms with Crippen molar-refractivity contribution >= 4 is 31.2 Å². The Morgan fingerprint density at radius 1 is 1.52 bits per heavy atom. The number of nitro benzene ring substituents is 1. The Balaban J connectivity index is 2.31. The van der Waals surface area contributed by atoms with Gasteiger partial charge in [-0.1, -0.05) is 11.6 Å². The maximum absolute atomic E-state index is 12.9. The van der Waals surface area contributed by atoms with E-state index in [-0.39, 0.29) is 28.7 Å². The number of carbonyl (C=O) groups excluding carboxylic acids is 1. The Morgan fingerprint density at radius 3 is 2.78 bits per heavy atom. The van der Waals surface area contributed by atoms with E-state index in [1.165, 1.54) is 12.1 Å². The lowest BCUT2D eigenvalue weighted by molar-refractivity contribution is -0.384. The fourth-order valence-corrected chi connectivity index (χ4v) is 3.31. The molecule has 1 fully saturated rings. The van der Waals surface area contributed by atoms with E-state index >= 15 is 0 Å². The average Bonchev–Trinajstić information content (AvgIpc) is 2.47. The normalized spacial score (nSPS) is 18.9. The van der Waals surface area contributed by atoms with Crippen LogP contribution in [0, 0.1) is 10.1 Å². The monoisotopic (exact) mass is 337 g/mol. The number of nitrogens with zero attached hydrogens (tertiary/aromatic N) is 3. The van der Waals surface area contributed by atoms with Crippen LogP contribution in [0.2, 0.25) is 5.02 Å². The molecule has 1 aromatic carbocycles. The minimum absolute atomic E-state index is 0.0220. The van der Waals surface area contributed by atoms with Crippen LogP contribution in [0.1, 0.15) is 37.0 Å². The van der Waals surface area contributed by atoms with Crippen LogP contribution in [0.3, 0.4) is 0 Å². The molecule has 23 heavy (non-hydrogen) atoms. The molecule has 0 N–H and O–H groups in total. The zero-order chi connectivity index (χ0) is 17.1. The number of rotatable bonds is 4. The van der Waals surface area contributed by atoms with Gasteiger partial charge in [0.25, 0.3) is 11.6 Å². The molecular formula is C15H21BClN3O3. The van der Waals surface area contributed by atoms with Crippen molar-refractivity contribution < 1.29 is 9.72 Å². The summed E-state index contributed by atoms with van der Waals surface area (Å²) in [6, 6.07) is 4.38. The standard InChI is InChI=1S/C15H21BClN3O3/c1-10(2)19(12-4-3-7-18(16)9-12)15(21)11-5-6-13(17)14(8-11)20(22)23/h5-6,8,10,12H,3-4,7,9,16H2,1-2H3/t12-/m1/s1. The molecule has 2 rings (SSSR count). The van der Waals surface area contributed by atoms with Gasteiger partial charge in [-0.3, -0.25) is 14.9 Å². The number of carbonyl (C=O) groups is 1. The first-order chi connectivity index (χ1) is 10.8. The Hall–Kier alpha value is -1.60. The van der Waals surface area contributed by atoms with Crippen LogP contribution in [0.4, 0.5) is 5.69 Å². The summed E-state index contributed by atoms with van der Waals surface area (Å²) < 4.78 is 0. The van der Waals surface area contributed by atoms with Gasteiger partial charge in [-0.25, -0.2) is 0 Å². The second kappa shape index (κ2) is 7.32. The van der Waals surface area contributed by atoms with Crippen LogP contribution >= 0.6 is 11.6 Å². The van der Waals surface area contributed by atoms with Crippen LogP contribution in [-0.4, -0.2) is 53.7 Å². The maximum Gasteiger partial charge on any atom is 0.288 e. The Morgan fingerprint density at radius 2 is 2.22 bits per heavy atom. The second-order valence-corrected chi connectivity index (χ2v) is 6.69. The number of hydrogen-bond acceptors (Lipinski definition) is 4. The average molecular weight is 338 g/mol. The summed E-state index contributed by atoms with van der Waals surface area (Å²) >= 11 is 5.83. The lowest BCUT2D eigenvalue weighted by Crippen LogP contribution is -2.52. The molecule has 1 aromatic rings. The van der Waals surface area contributed by atoms with E-state index in [9.17, 15) is 14.9 Å². The molecule has 0 bridgehead atoms. The van der Waals surface area contributed by atoms with Gasteiger partial charge >= 0.3 is 0 Å². The van der Waals surface area contributed by atoms with E-state index in [0.29, 0.717) is 5.56 Å². The van der Waals surface area contributed by atoms with Crippen molar-refractivity contribution in [2.24, 2.45) is 0 Å². The summed E-state index contributed by atoms with van der Waals surface area (Å²) in [6.45, 7) is 5.79. The fourth-order valence-electron chi connectivity index (χ4n) is 3.12. The van der Waals surface area contributed by atoms with Gasteiger partial charge in [-0.15, -0.1) is 0 Å². The second-order valence-electron chi connectivity index (χ2n) is 6.29. The SMILES string of the molecule is BN1CCC[C@@H](N(C(=O)c2ccc(Cl)c([N+](=O)[O-])c2)C(C)C)C1. The third-order valence-corrected chi connectivity index (χ3v) is 4.49. The zero-order valence-corrected chi connectivity index (χ0v) is 14.4. The van der Waals surface area contributed by atoms with Crippen molar-refractivity contribution in [1.82, 2.24) is 9.71 Å². The van der Waals surface area contributed by atoms with Gasteiger partial charge in [0.1, 0.15) is 5.02 Å². The van der Waals surface area contributed by atoms with Crippen molar-refractivity contribution in [3.8, 4) is 0 Å². The van der Waals surface area contributed by atoms with E-state index < -0.39 is 4.92 Å². The Labute approximate surface area is 142 Å². The van der Waals surface area contributed by atoms with Gasteiger partial charge in [-0.2, -0.15) is 0 Å². The molecule has 1 amide bonds. The molecule has 0 saturated carbocycles. The van der Waals surface area contributed by atoms with Crippen molar-refractivity contribution in [3.05, 3.63) is 38.9 Å². The molecule has 1 aliphatic heterocycles. The van der Waals surface area contributed by atoms with Crippen LogP contribution in [0.5, 0.6) is 0 Å². The van der Waals surface area contributed by atoms with E-state index in [0.717, 1.165) is 25.9 Å². The first kappa shape index (κ1) is 17.8. The molecule has 0 unspecified atom stereocenters. The minimum Gasteiger partial charge on any atom is -0.347 e. The topological polar surface area (TPSA) is 66.7 Å². The minimum atomic E-state index is -0.562. The summed E-state index contributed by atoms with van der Waals surface area (Å²) in [7, 11) is 2.04. The van der Waals surface area contributed by atoms with E-state index in [1.54, 1.807) is 6.07 Å². The fraction of sp³-hybridized carbons (Fsp3) is 0.533. The van der Waals surface area contributed by atoms with E-state index in [2.05, 4.69) is 4.81 Å². The predicted octanol–water partition coefficient (Wildman–Crippen LogP) is 2.11. The van der Waals surface area contributed by atoms with Crippen LogP contribution in [0.15, 0.2) is 18.2 Å². The smallest absolute Gasteiger partial charge is 0.288 e. The molecule has 1 heterocycles. The molecule has 1 saturated heterocycles. The van der Waals surface area contributed by atoms with Crippen molar-refractivity contribution in [3.63, 3.8) is 0 Å². The Bertz CT molecular complexity index is 612. The molecule has 0 aliphatic carbocycles. The van der Waals surface area contributed by atoms with Gasteiger partial charge < -0.3 is 9.71 Å². The summed E-state index contributed by atoms with van der Waals surface area (Å²) in [6.07, 6.45) is 1.99. The first-order valence-corrected chi connectivity index (χ1v) is 8.14. The molecule has 8 heteroatoms. The number of hydrogen-bond donors (Lipinski definition) is 0. The molecule has 0 spiro atoms. The number of benzene rings is 1. The van der Waals surface area contributed by atoms with Gasteiger partial charge in [0.2, 0.25) is 0 Å². The highest BCUT2D eigenvalue weighted by Crippen LogP contribution is 2.27. The lowest BCUT2D eigenvalue weighted by Gasteiger charge is -2.40. The van der Waals surface area contributed by atoms with Gasteiger partial charge in [-0.05, 0) is 45.4 Å². The Kier molecular flexibility index (Phi) is 5.65. The summed E-state index contributed by atoms with van der Waals surface area (Å²) in [5, 5.41) is 11.1. The molecule has 124 valence electrons. The first-order valence-electron chi connectivity index (χ1n) is 7.76. The molecule has 0 aromatic heterocycles. The number of nitro groups is 1. The third-order valence-electron chi connectivity index (χ3n) is 4.17. The highest BCUT2D eigenvalue weighted by Gasteiger charge is 2.30. The number of halogens is 1. The summed E-state index contributed by atoms with van der Waals surface area (Å²) in [5.41, 5.74) is 0.0741. The maximum atomic E-state index is 12.9. The van der Waals surface area contributed by atoms with Crippen molar-refractivity contribution in [1.29, 1.82) is 0 Å². The molecule has 1 atom stereocenters. The quantitative estimate of drug-likeness (QED) is 0.479. The highest BCUT2D eigenvalue weighted by molar-refractivity contribution is 6.32. The van der Waals surface area contributed by atoms with Crippen LogP contribution < -0.4 is 0 Å².